The molecule has 2 heterocycles. The van der Waals surface area contributed by atoms with E-state index in [1.807, 2.05) is 36.4 Å². The predicted molar refractivity (Wildman–Crippen MR) is 104 cm³/mol. The Kier molecular flexibility index (Phi) is 4.97. The van der Waals surface area contributed by atoms with Gasteiger partial charge in [0.15, 0.2) is 12.4 Å². The molecule has 4 rings (SSSR count). The lowest BCUT2D eigenvalue weighted by molar-refractivity contribution is 0.0468. The Morgan fingerprint density at radius 3 is 2.78 bits per heavy atom. The van der Waals surface area contributed by atoms with Crippen LogP contribution in [0.5, 0.6) is 0 Å². The molecular weight excluding hydrogens is 362 g/mol. The van der Waals surface area contributed by atoms with E-state index in [1.165, 1.54) is 34.6 Å². The minimum Gasteiger partial charge on any atom is -0.453 e. The molecule has 8 heteroatoms. The quantitative estimate of drug-likeness (QED) is 0.652. The number of anilines is 3. The molecule has 3 N–H and O–H groups in total. The second kappa shape index (κ2) is 7.71. The highest BCUT2D eigenvalue weighted by atomic mass is 32.1. The zero-order valence-corrected chi connectivity index (χ0v) is 15.5. The summed E-state index contributed by atoms with van der Waals surface area (Å²) in [5, 5.41) is 3.06. The first kappa shape index (κ1) is 17.4. The number of benzene rings is 1. The van der Waals surface area contributed by atoms with Crippen LogP contribution in [0.2, 0.25) is 0 Å². The van der Waals surface area contributed by atoms with Gasteiger partial charge in [0.1, 0.15) is 4.88 Å². The average molecular weight is 381 g/mol. The molecule has 0 amide bonds. The third-order valence-corrected chi connectivity index (χ3v) is 5.48. The van der Waals surface area contributed by atoms with Crippen molar-refractivity contribution in [3.63, 3.8) is 0 Å². The average Bonchev–Trinajstić information content (AvgIpc) is 3.11. The number of nitrogen functional groups attached to an aromatic ring is 1. The normalized spacial score (nSPS) is 13.0. The number of carbonyl (C=O) groups is 1. The number of thiophene rings is 1. The first-order chi connectivity index (χ1) is 13.2. The van der Waals surface area contributed by atoms with E-state index in [1.54, 1.807) is 0 Å². The van der Waals surface area contributed by atoms with Crippen LogP contribution in [0.3, 0.4) is 0 Å². The monoisotopic (exact) mass is 381 g/mol. The highest BCUT2D eigenvalue weighted by Crippen LogP contribution is 2.30. The summed E-state index contributed by atoms with van der Waals surface area (Å²) in [5.74, 6) is 0.328. The molecule has 1 aliphatic carbocycles. The molecule has 1 aromatic carbocycles. The summed E-state index contributed by atoms with van der Waals surface area (Å²) in [6.45, 7) is -0.0579. The van der Waals surface area contributed by atoms with Crippen molar-refractivity contribution in [2.75, 3.05) is 11.1 Å². The van der Waals surface area contributed by atoms with Crippen LogP contribution in [0, 0.1) is 0 Å². The maximum atomic E-state index is 12.4. The van der Waals surface area contributed by atoms with Crippen LogP contribution in [-0.2, 0) is 24.2 Å². The van der Waals surface area contributed by atoms with Crippen molar-refractivity contribution in [2.45, 2.75) is 32.3 Å². The third-order valence-electron chi connectivity index (χ3n) is 4.26. The van der Waals surface area contributed by atoms with Crippen LogP contribution >= 0.6 is 11.3 Å². The molecule has 27 heavy (non-hydrogen) atoms. The molecule has 3 aromatic rings. The number of nitrogens with two attached hydrogens (primary N) is 1. The molecule has 138 valence electrons. The maximum Gasteiger partial charge on any atom is 0.348 e. The van der Waals surface area contributed by atoms with Crippen molar-refractivity contribution in [3.05, 3.63) is 57.5 Å². The zero-order chi connectivity index (χ0) is 18.6. The minimum absolute atomic E-state index is 0.0579. The lowest BCUT2D eigenvalue weighted by atomic mass is 9.99. The zero-order valence-electron chi connectivity index (χ0n) is 14.6. The fraction of sp³-hybridized carbons (Fsp3) is 0.263. The van der Waals surface area contributed by atoms with Gasteiger partial charge in [0.25, 0.3) is 0 Å². The summed E-state index contributed by atoms with van der Waals surface area (Å²) in [6, 6.07) is 11.4. The number of nitrogens with one attached hydrogen (secondary N) is 1. The Morgan fingerprint density at radius 2 is 1.96 bits per heavy atom. The summed E-state index contributed by atoms with van der Waals surface area (Å²) in [5.41, 5.74) is 7.86. The molecule has 0 atom stereocenters. The van der Waals surface area contributed by atoms with Crippen molar-refractivity contribution in [2.24, 2.45) is 0 Å². The molecule has 0 saturated heterocycles. The second-order valence-corrected chi connectivity index (χ2v) is 7.40. The van der Waals surface area contributed by atoms with Crippen molar-refractivity contribution in [1.82, 2.24) is 15.0 Å². The predicted octanol–water partition coefficient (Wildman–Crippen LogP) is 3.49. The molecule has 7 nitrogen and oxygen atoms in total. The van der Waals surface area contributed by atoms with Gasteiger partial charge in [-0.15, -0.1) is 11.3 Å². The van der Waals surface area contributed by atoms with Crippen LogP contribution < -0.4 is 11.1 Å². The van der Waals surface area contributed by atoms with Crippen LogP contribution in [0.1, 0.15) is 38.8 Å². The summed E-state index contributed by atoms with van der Waals surface area (Å²) in [4.78, 5) is 26.7. The first-order valence-electron chi connectivity index (χ1n) is 8.78. The highest BCUT2D eigenvalue weighted by molar-refractivity contribution is 7.14. The van der Waals surface area contributed by atoms with E-state index in [4.69, 9.17) is 10.5 Å². The van der Waals surface area contributed by atoms with Gasteiger partial charge in [-0.3, -0.25) is 0 Å². The summed E-state index contributed by atoms with van der Waals surface area (Å²) in [7, 11) is 0. The van der Waals surface area contributed by atoms with Crippen LogP contribution in [0.4, 0.5) is 17.6 Å². The second-order valence-electron chi connectivity index (χ2n) is 6.27. The molecule has 0 bridgehead atoms. The highest BCUT2D eigenvalue weighted by Gasteiger charge is 2.18. The van der Waals surface area contributed by atoms with Crippen molar-refractivity contribution in [1.29, 1.82) is 0 Å². The fourth-order valence-corrected chi connectivity index (χ4v) is 4.15. The van der Waals surface area contributed by atoms with Crippen molar-refractivity contribution in [3.8, 4) is 0 Å². The Bertz CT molecular complexity index is 934. The molecule has 1 aliphatic rings. The first-order valence-corrected chi connectivity index (χ1v) is 9.60. The van der Waals surface area contributed by atoms with Crippen molar-refractivity contribution < 1.29 is 9.53 Å². The van der Waals surface area contributed by atoms with E-state index in [0.29, 0.717) is 16.6 Å². The fourth-order valence-electron chi connectivity index (χ4n) is 3.00. The van der Waals surface area contributed by atoms with Crippen LogP contribution in [0.25, 0.3) is 0 Å². The number of para-hydroxylation sites is 1. The number of hydrogen-bond acceptors (Lipinski definition) is 8. The molecule has 2 aromatic heterocycles. The number of esters is 1. The maximum absolute atomic E-state index is 12.4. The summed E-state index contributed by atoms with van der Waals surface area (Å²) in [6.07, 6.45) is 4.45. The largest absolute Gasteiger partial charge is 0.453 e. The van der Waals surface area contributed by atoms with Crippen LogP contribution in [-0.4, -0.2) is 20.9 Å². The third kappa shape index (κ3) is 4.22. The Labute approximate surface area is 160 Å². The van der Waals surface area contributed by atoms with Gasteiger partial charge >= 0.3 is 5.97 Å². The van der Waals surface area contributed by atoms with Crippen LogP contribution in [0.15, 0.2) is 36.4 Å². The van der Waals surface area contributed by atoms with E-state index in [-0.39, 0.29) is 18.5 Å². The Balaban J connectivity index is 1.43. The van der Waals surface area contributed by atoms with Gasteiger partial charge < -0.3 is 15.8 Å². The Morgan fingerprint density at radius 1 is 1.15 bits per heavy atom. The van der Waals surface area contributed by atoms with Gasteiger partial charge in [-0.25, -0.2) is 4.79 Å². The van der Waals surface area contributed by atoms with E-state index in [0.717, 1.165) is 18.5 Å². The molecule has 0 radical (unpaired) electrons. The standard InChI is InChI=1S/C19H19N5O2S/c20-18-22-16(23-19(24-18)21-13-7-2-1-3-8-13)11-26-17(25)15-10-12-6-4-5-9-14(12)27-15/h1-3,7-8,10H,4-6,9,11H2,(H3,20,21,22,23,24). The number of hydrogen-bond donors (Lipinski definition) is 2. The topological polar surface area (TPSA) is 103 Å². The van der Waals surface area contributed by atoms with Gasteiger partial charge in [0.05, 0.1) is 0 Å². The lowest BCUT2D eigenvalue weighted by Gasteiger charge is -2.08. The molecular formula is C19H19N5O2S. The number of fused-ring (bicyclic) bond motifs is 1. The Hall–Kier alpha value is -3.00. The molecule has 0 aliphatic heterocycles. The SMILES string of the molecule is Nc1nc(COC(=O)c2cc3c(s2)CCCC3)nc(Nc2ccccc2)n1. The van der Waals surface area contributed by atoms with E-state index >= 15 is 0 Å². The lowest BCUT2D eigenvalue weighted by Crippen LogP contribution is -2.10. The number of aromatic nitrogens is 3. The van der Waals surface area contributed by atoms with E-state index < -0.39 is 0 Å². The van der Waals surface area contributed by atoms with Gasteiger partial charge in [0, 0.05) is 10.6 Å². The van der Waals surface area contributed by atoms with Crippen molar-refractivity contribution >= 4 is 34.9 Å². The molecule has 0 fully saturated rings. The number of carbonyl (C=O) groups excluding carboxylic acids is 1. The number of rotatable bonds is 5. The number of aryl methyl sites for hydroxylation is 2. The minimum atomic E-state index is -0.356. The molecule has 0 saturated carbocycles. The smallest absolute Gasteiger partial charge is 0.348 e. The van der Waals surface area contributed by atoms with Gasteiger partial charge in [0.2, 0.25) is 11.9 Å². The molecule has 0 spiro atoms. The summed E-state index contributed by atoms with van der Waals surface area (Å²) < 4.78 is 5.39. The van der Waals surface area contributed by atoms with Gasteiger partial charge in [-0.05, 0) is 49.4 Å². The molecule has 0 unspecified atom stereocenters. The van der Waals surface area contributed by atoms with E-state index in [2.05, 4.69) is 20.3 Å². The van der Waals surface area contributed by atoms with E-state index in [9.17, 15) is 4.79 Å². The summed E-state index contributed by atoms with van der Waals surface area (Å²) >= 11 is 1.52. The number of ether oxygens (including phenoxy) is 1. The number of nitrogens with zero attached hydrogens (tertiary/aromatic N) is 3. The van der Waals surface area contributed by atoms with Gasteiger partial charge in [-0.1, -0.05) is 18.2 Å². The van der Waals surface area contributed by atoms with Gasteiger partial charge in [-0.2, -0.15) is 15.0 Å².